The van der Waals surface area contributed by atoms with Gasteiger partial charge in [0.2, 0.25) is 23.6 Å². The fourth-order valence-corrected chi connectivity index (χ4v) is 14.3. The van der Waals surface area contributed by atoms with E-state index in [9.17, 15) is 38.4 Å². The van der Waals surface area contributed by atoms with Gasteiger partial charge in [-0.25, -0.2) is 39.7 Å². The summed E-state index contributed by atoms with van der Waals surface area (Å²) in [5.74, 6) is -4.20. The zero-order valence-corrected chi connectivity index (χ0v) is 47.9. The second kappa shape index (κ2) is 23.2. The van der Waals surface area contributed by atoms with E-state index in [2.05, 4.69) is 46.9 Å². The molecule has 10 rings (SSSR count). The average molecular weight is 1180 g/mol. The van der Waals surface area contributed by atoms with Crippen molar-refractivity contribution < 1.29 is 43.1 Å². The number of aromatic nitrogens is 7. The Morgan fingerprint density at radius 2 is 1.33 bits per heavy atom. The number of thiazole rings is 6. The lowest BCUT2D eigenvalue weighted by molar-refractivity contribution is -0.148. The van der Waals surface area contributed by atoms with Gasteiger partial charge in [-0.05, 0) is 43.7 Å². The van der Waals surface area contributed by atoms with Crippen LogP contribution < -0.4 is 31.9 Å². The van der Waals surface area contributed by atoms with Crippen molar-refractivity contribution in [3.05, 3.63) is 81.7 Å². The number of piperazine rings is 1. The molecule has 7 amide bonds. The molecule has 79 heavy (non-hydrogen) atoms. The first-order chi connectivity index (χ1) is 37.9. The zero-order chi connectivity index (χ0) is 55.8. The minimum Gasteiger partial charge on any atom is -0.458 e. The molecule has 6 N–H and O–H groups in total. The van der Waals surface area contributed by atoms with Crippen LogP contribution >= 0.6 is 68.0 Å². The van der Waals surface area contributed by atoms with Crippen molar-refractivity contribution in [3.8, 4) is 43.4 Å². The molecule has 0 aromatic carbocycles. The van der Waals surface area contributed by atoms with Crippen molar-refractivity contribution in [2.24, 2.45) is 11.8 Å². The minimum atomic E-state index is -1.01. The first kappa shape index (κ1) is 55.0. The van der Waals surface area contributed by atoms with Gasteiger partial charge in [-0.2, -0.15) is 0 Å². The van der Waals surface area contributed by atoms with Crippen LogP contribution in [0.4, 0.5) is 0 Å². The van der Waals surface area contributed by atoms with Crippen LogP contribution in [0.25, 0.3) is 43.4 Å². The Morgan fingerprint density at radius 3 is 2.09 bits per heavy atom. The molecule has 3 aliphatic rings. The molecular formula is C50H50N14O9S6. The normalized spacial score (nSPS) is 20.0. The number of rotatable bonds is 8. The maximum Gasteiger partial charge on any atom is 0.357 e. The third-order valence-electron chi connectivity index (χ3n) is 13.0. The van der Waals surface area contributed by atoms with Gasteiger partial charge in [0.15, 0.2) is 5.69 Å². The van der Waals surface area contributed by atoms with Gasteiger partial charge in [-0.15, -0.1) is 68.0 Å². The largest absolute Gasteiger partial charge is 0.458 e. The number of nitrogens with zero attached hydrogens (tertiary/aromatic N) is 8. The van der Waals surface area contributed by atoms with Crippen molar-refractivity contribution >= 4 is 115 Å². The van der Waals surface area contributed by atoms with Gasteiger partial charge in [0.25, 0.3) is 17.7 Å². The summed E-state index contributed by atoms with van der Waals surface area (Å²) in [7, 11) is 1.47. The first-order valence-electron chi connectivity index (χ1n) is 24.9. The highest BCUT2D eigenvalue weighted by Crippen LogP contribution is 2.39. The minimum absolute atomic E-state index is 0.0296. The van der Waals surface area contributed by atoms with E-state index in [0.717, 1.165) is 29.1 Å². The fourth-order valence-electron chi connectivity index (χ4n) is 8.88. The third-order valence-corrected chi connectivity index (χ3v) is 18.6. The molecule has 2 saturated heterocycles. The maximum atomic E-state index is 14.2. The van der Waals surface area contributed by atoms with Gasteiger partial charge in [-0.3, -0.25) is 33.6 Å². The number of carbonyl (C=O) groups is 8. The topological polar surface area (TPSA) is 311 Å². The van der Waals surface area contributed by atoms with E-state index in [1.54, 1.807) is 35.2 Å². The van der Waals surface area contributed by atoms with Gasteiger partial charge in [0, 0.05) is 50.9 Å². The lowest BCUT2D eigenvalue weighted by Gasteiger charge is -2.34. The highest BCUT2D eigenvalue weighted by atomic mass is 32.1. The predicted octanol–water partition coefficient (Wildman–Crippen LogP) is 5.73. The number of hydrogen-bond acceptors (Lipinski definition) is 22. The number of esters is 1. The molecule has 3 aliphatic heterocycles. The molecule has 0 unspecified atom stereocenters. The molecule has 23 nitrogen and oxygen atoms in total. The van der Waals surface area contributed by atoms with Gasteiger partial charge in [-0.1, -0.05) is 27.7 Å². The van der Waals surface area contributed by atoms with E-state index in [1.807, 2.05) is 33.1 Å². The number of amides is 7. The first-order valence-corrected chi connectivity index (χ1v) is 30.1. The monoisotopic (exact) mass is 1180 g/mol. The van der Waals surface area contributed by atoms with Crippen molar-refractivity contribution in [1.82, 2.24) is 71.7 Å². The van der Waals surface area contributed by atoms with Crippen LogP contribution in [0.1, 0.15) is 127 Å². The van der Waals surface area contributed by atoms with E-state index < -0.39 is 65.7 Å². The van der Waals surface area contributed by atoms with E-state index in [0.29, 0.717) is 76.2 Å². The second-order valence-corrected chi connectivity index (χ2v) is 24.8. The van der Waals surface area contributed by atoms with Gasteiger partial charge < -0.3 is 41.5 Å². The van der Waals surface area contributed by atoms with Crippen molar-refractivity contribution in [2.45, 2.75) is 84.1 Å². The summed E-state index contributed by atoms with van der Waals surface area (Å²) in [6.07, 6.45) is 1.10. The molecule has 7 aromatic heterocycles. The van der Waals surface area contributed by atoms with Crippen LogP contribution in [0.5, 0.6) is 0 Å². The number of carbonyl (C=O) groups excluding carboxylic acids is 8. The van der Waals surface area contributed by atoms with E-state index in [-0.39, 0.29) is 66.0 Å². The summed E-state index contributed by atoms with van der Waals surface area (Å²) in [5.41, 5.74) is 2.35. The SMILES string of the molecule is CNC(=O)C[C@H]1NC(=O)c2csc(n2)-c2ccc(-c3nc(C(=O)OC[C@@H]4NC(=O)[C@@H]5CCCN5C4=O)cs3)nc2-c2csc(n2)-c2csc(n2)[C@@H](C(C)C)NC(=O)CNC(=O)c2csc(n2)[C@H](C(C)C)NC(=O)c2nc1sc2C. The summed E-state index contributed by atoms with van der Waals surface area (Å²) in [6, 6.07) is -0.180. The number of aryl methyl sites for hydroxylation is 1. The number of ether oxygens (including phenoxy) is 1. The Hall–Kier alpha value is -7.31. The molecule has 5 atom stereocenters. The third kappa shape index (κ3) is 11.7. The van der Waals surface area contributed by atoms with Crippen LogP contribution in [0, 0.1) is 18.8 Å². The van der Waals surface area contributed by atoms with Crippen LogP contribution in [0.15, 0.2) is 39.0 Å². The van der Waals surface area contributed by atoms with Crippen LogP contribution in [0.3, 0.4) is 0 Å². The molecule has 2 fully saturated rings. The number of pyridine rings is 1. The second-order valence-electron chi connectivity index (χ2n) is 19.2. The Labute approximate surface area is 474 Å². The molecule has 7 aromatic rings. The predicted molar refractivity (Wildman–Crippen MR) is 297 cm³/mol. The van der Waals surface area contributed by atoms with Crippen molar-refractivity contribution in [3.63, 3.8) is 0 Å². The Bertz CT molecular complexity index is 3540. The van der Waals surface area contributed by atoms with Crippen LogP contribution in [-0.2, 0) is 23.9 Å². The lowest BCUT2D eigenvalue weighted by Crippen LogP contribution is -2.62. The average Bonchev–Trinajstić information content (AvgIpc) is 4.39. The summed E-state index contributed by atoms with van der Waals surface area (Å²) in [4.78, 5) is 143. The molecule has 29 heteroatoms. The van der Waals surface area contributed by atoms with Crippen molar-refractivity contribution in [1.29, 1.82) is 0 Å². The highest BCUT2D eigenvalue weighted by Gasteiger charge is 2.43. The number of fused-ring (bicyclic) bond motifs is 15. The molecule has 10 bridgehead atoms. The lowest BCUT2D eigenvalue weighted by atomic mass is 10.0. The summed E-state index contributed by atoms with van der Waals surface area (Å²) >= 11 is 7.30. The molecule has 10 heterocycles. The Morgan fingerprint density at radius 1 is 0.671 bits per heavy atom. The molecule has 0 saturated carbocycles. The number of nitrogens with one attached hydrogen (secondary N) is 6. The van der Waals surface area contributed by atoms with Gasteiger partial charge >= 0.3 is 5.97 Å². The molecule has 0 aliphatic carbocycles. The van der Waals surface area contributed by atoms with E-state index >= 15 is 0 Å². The van der Waals surface area contributed by atoms with Crippen molar-refractivity contribution in [2.75, 3.05) is 26.7 Å². The summed E-state index contributed by atoms with van der Waals surface area (Å²) in [5, 5.41) is 27.8. The van der Waals surface area contributed by atoms with Crippen LogP contribution in [-0.4, -0.2) is 126 Å². The molecule has 0 spiro atoms. The Balaban J connectivity index is 0.983. The fraction of sp³-hybridized carbons (Fsp3) is 0.380. The quantitative estimate of drug-likeness (QED) is 0.0989. The maximum absolute atomic E-state index is 14.2. The molecular weight excluding hydrogens is 1130 g/mol. The van der Waals surface area contributed by atoms with E-state index in [4.69, 9.17) is 24.7 Å². The van der Waals surface area contributed by atoms with E-state index in [1.165, 1.54) is 62.7 Å². The molecule has 410 valence electrons. The van der Waals surface area contributed by atoms with Gasteiger partial charge in [0.05, 0.1) is 36.8 Å². The summed E-state index contributed by atoms with van der Waals surface area (Å²) < 4.78 is 5.50. The number of hydrogen-bond donors (Lipinski definition) is 6. The zero-order valence-electron chi connectivity index (χ0n) is 43.0. The highest BCUT2D eigenvalue weighted by molar-refractivity contribution is 7.15. The summed E-state index contributed by atoms with van der Waals surface area (Å²) in [6.45, 7) is 9.15. The molecule has 0 radical (unpaired) electrons. The smallest absolute Gasteiger partial charge is 0.357 e. The van der Waals surface area contributed by atoms with Gasteiger partial charge in [0.1, 0.15) is 82.9 Å². The standard InChI is InChI=1S/C50H50N14O9S6/c1-20(2)35-47-59-30(18-78-47)45-56-27(15-75-45)38-23(9-10-24(53-38)44-60-31(19-76-44)50(72)73-14-26-49(71)64-11-7-8-32(64)41(69)55-26)43-57-29(17-74-43)40(68)54-25(12-33(65)51-6)46-63-37(22(5)79-46)42(70)62-36(21(3)4)48-58-28(16-77-48)39(67)52-13-34(66)61-35/h9-10,15-21,25-26,32,35-36H,7-8,11-14H2,1-6H3,(H,51,65)(H,52,67)(H,54,68)(H,55,69)(H,61,66)(H,62,70)/t25-,26+,32+,35-,36+/m1/s1. The Kier molecular flexibility index (Phi) is 16.1. The van der Waals surface area contributed by atoms with Crippen LogP contribution in [0.2, 0.25) is 0 Å².